The fourth-order valence-electron chi connectivity index (χ4n) is 3.15. The first-order chi connectivity index (χ1) is 12.0. The number of hydrogen-bond donors (Lipinski definition) is 2. The highest BCUT2D eigenvalue weighted by molar-refractivity contribution is 5.78. The normalized spacial score (nSPS) is 20.9. The average molecular weight is 348 g/mol. The summed E-state index contributed by atoms with van der Waals surface area (Å²) in [4.78, 5) is 25.3. The van der Waals surface area contributed by atoms with Crippen molar-refractivity contribution >= 4 is 11.9 Å². The van der Waals surface area contributed by atoms with E-state index in [1.165, 1.54) is 0 Å². The van der Waals surface area contributed by atoms with Crippen LogP contribution in [0.5, 0.6) is 5.75 Å². The van der Waals surface area contributed by atoms with E-state index in [9.17, 15) is 14.7 Å². The number of carboxylic acid groups (broad SMARTS) is 1. The topological polar surface area (TPSA) is 78.9 Å². The van der Waals surface area contributed by atoms with E-state index in [1.807, 2.05) is 36.1 Å². The number of carbonyl (C=O) groups excluding carboxylic acids is 1. The maximum absolute atomic E-state index is 12.2. The molecule has 0 spiro atoms. The molecule has 1 aliphatic heterocycles. The number of aliphatic carboxylic acids is 1. The van der Waals surface area contributed by atoms with Crippen molar-refractivity contribution in [3.63, 3.8) is 0 Å². The van der Waals surface area contributed by atoms with Gasteiger partial charge in [-0.2, -0.15) is 0 Å². The minimum atomic E-state index is -0.776. The van der Waals surface area contributed by atoms with Gasteiger partial charge in [0.25, 0.3) is 0 Å². The molecule has 0 saturated carbocycles. The number of likely N-dealkylation sites (tertiary alicyclic amines) is 1. The Bertz CT molecular complexity index is 573. The Balaban J connectivity index is 1.77. The van der Waals surface area contributed by atoms with E-state index in [1.54, 1.807) is 0 Å². The van der Waals surface area contributed by atoms with E-state index >= 15 is 0 Å². The van der Waals surface area contributed by atoms with Crippen LogP contribution in [0.1, 0.15) is 32.3 Å². The van der Waals surface area contributed by atoms with Crippen LogP contribution in [-0.4, -0.2) is 48.1 Å². The van der Waals surface area contributed by atoms with Crippen LogP contribution in [-0.2, 0) is 16.1 Å². The van der Waals surface area contributed by atoms with Gasteiger partial charge in [0.15, 0.2) is 0 Å². The number of nitrogens with one attached hydrogen (secondary N) is 1. The van der Waals surface area contributed by atoms with Crippen LogP contribution in [0.4, 0.5) is 0 Å². The molecule has 6 nitrogen and oxygen atoms in total. The number of amides is 1. The van der Waals surface area contributed by atoms with Gasteiger partial charge in [-0.15, -0.1) is 0 Å². The Morgan fingerprint density at radius 1 is 1.28 bits per heavy atom. The van der Waals surface area contributed by atoms with Crippen molar-refractivity contribution in [2.24, 2.45) is 11.8 Å². The van der Waals surface area contributed by atoms with Crippen molar-refractivity contribution in [1.82, 2.24) is 10.2 Å². The zero-order valence-electron chi connectivity index (χ0n) is 15.0. The third-order valence-electron chi connectivity index (χ3n) is 4.34. The van der Waals surface area contributed by atoms with Crippen molar-refractivity contribution in [3.05, 3.63) is 29.8 Å². The minimum Gasteiger partial charge on any atom is -0.494 e. The molecule has 1 saturated heterocycles. The average Bonchev–Trinajstić information content (AvgIpc) is 2.58. The predicted molar refractivity (Wildman–Crippen MR) is 95.4 cm³/mol. The van der Waals surface area contributed by atoms with Crippen molar-refractivity contribution in [1.29, 1.82) is 0 Å². The lowest BCUT2D eigenvalue weighted by Gasteiger charge is -2.34. The summed E-state index contributed by atoms with van der Waals surface area (Å²) in [5, 5.41) is 12.1. The smallest absolute Gasteiger partial charge is 0.307 e. The van der Waals surface area contributed by atoms with Gasteiger partial charge in [-0.25, -0.2) is 0 Å². The third kappa shape index (κ3) is 6.38. The Labute approximate surface area is 149 Å². The van der Waals surface area contributed by atoms with Gasteiger partial charge in [0.05, 0.1) is 19.1 Å². The lowest BCUT2D eigenvalue weighted by molar-refractivity contribution is -0.145. The summed E-state index contributed by atoms with van der Waals surface area (Å²) in [5.74, 6) is -0.114. The van der Waals surface area contributed by atoms with Crippen LogP contribution in [0.3, 0.4) is 0 Å². The van der Waals surface area contributed by atoms with E-state index in [0.717, 1.165) is 24.3 Å². The third-order valence-corrected chi connectivity index (χ3v) is 4.34. The fraction of sp³-hybridized carbons (Fsp3) is 0.579. The molecule has 1 aromatic rings. The highest BCUT2D eigenvalue weighted by Gasteiger charge is 2.30. The molecular formula is C19H28N2O4. The molecule has 2 unspecified atom stereocenters. The molecule has 1 amide bonds. The van der Waals surface area contributed by atoms with E-state index in [-0.39, 0.29) is 18.4 Å². The molecule has 2 rings (SSSR count). The molecule has 138 valence electrons. The van der Waals surface area contributed by atoms with E-state index < -0.39 is 5.97 Å². The Kier molecular flexibility index (Phi) is 7.25. The molecule has 0 aromatic heterocycles. The quantitative estimate of drug-likeness (QED) is 0.752. The zero-order valence-corrected chi connectivity index (χ0v) is 15.0. The molecule has 2 N–H and O–H groups in total. The van der Waals surface area contributed by atoms with Gasteiger partial charge in [-0.3, -0.25) is 14.5 Å². The maximum Gasteiger partial charge on any atom is 0.307 e. The summed E-state index contributed by atoms with van der Waals surface area (Å²) in [6.45, 7) is 6.69. The number of nitrogens with zero attached hydrogens (tertiary/aromatic N) is 1. The Hall–Kier alpha value is -2.08. The molecule has 1 aliphatic rings. The molecule has 0 radical (unpaired) electrons. The van der Waals surface area contributed by atoms with Crippen LogP contribution in [0.15, 0.2) is 24.3 Å². The standard InChI is InChI=1S/C19H28N2O4/c1-3-8-25-17-6-4-15(5-7-17)10-20-18(22)13-21-11-14(2)9-16(12-21)19(23)24/h4-7,14,16H,3,8-13H2,1-2H3,(H,20,22)(H,23,24). The number of rotatable bonds is 8. The second-order valence-corrected chi connectivity index (χ2v) is 6.84. The maximum atomic E-state index is 12.2. The van der Waals surface area contributed by atoms with Crippen molar-refractivity contribution < 1.29 is 19.4 Å². The number of piperidine rings is 1. The SMILES string of the molecule is CCCOc1ccc(CNC(=O)CN2CC(C)CC(C(=O)O)C2)cc1. The molecule has 6 heteroatoms. The Morgan fingerprint density at radius 3 is 2.64 bits per heavy atom. The highest BCUT2D eigenvalue weighted by Crippen LogP contribution is 2.21. The number of hydrogen-bond acceptors (Lipinski definition) is 4. The van der Waals surface area contributed by atoms with Crippen molar-refractivity contribution in [2.45, 2.75) is 33.2 Å². The minimum absolute atomic E-state index is 0.0791. The van der Waals surface area contributed by atoms with Gasteiger partial charge in [0.1, 0.15) is 5.75 Å². The second kappa shape index (κ2) is 9.42. The predicted octanol–water partition coefficient (Wildman–Crippen LogP) is 2.13. The van der Waals surface area contributed by atoms with E-state index in [2.05, 4.69) is 12.2 Å². The zero-order chi connectivity index (χ0) is 18.2. The van der Waals surface area contributed by atoms with E-state index in [4.69, 9.17) is 4.74 Å². The first-order valence-electron chi connectivity index (χ1n) is 8.91. The van der Waals surface area contributed by atoms with Gasteiger partial charge in [0.2, 0.25) is 5.91 Å². The summed E-state index contributed by atoms with van der Waals surface area (Å²) in [6, 6.07) is 7.69. The van der Waals surface area contributed by atoms with Crippen LogP contribution >= 0.6 is 0 Å². The van der Waals surface area contributed by atoms with Crippen molar-refractivity contribution in [3.8, 4) is 5.75 Å². The molecule has 1 fully saturated rings. The highest BCUT2D eigenvalue weighted by atomic mass is 16.5. The molecule has 1 heterocycles. The number of benzene rings is 1. The Morgan fingerprint density at radius 2 is 2.00 bits per heavy atom. The van der Waals surface area contributed by atoms with Crippen LogP contribution in [0.2, 0.25) is 0 Å². The summed E-state index contributed by atoms with van der Waals surface area (Å²) in [7, 11) is 0. The lowest BCUT2D eigenvalue weighted by atomic mass is 9.90. The summed E-state index contributed by atoms with van der Waals surface area (Å²) >= 11 is 0. The van der Waals surface area contributed by atoms with Crippen LogP contribution in [0.25, 0.3) is 0 Å². The molecule has 0 bridgehead atoms. The van der Waals surface area contributed by atoms with Gasteiger partial charge in [-0.1, -0.05) is 26.0 Å². The summed E-state index contributed by atoms with van der Waals surface area (Å²) < 4.78 is 5.53. The fourth-order valence-corrected chi connectivity index (χ4v) is 3.15. The van der Waals surface area contributed by atoms with Gasteiger partial charge < -0.3 is 15.2 Å². The van der Waals surface area contributed by atoms with Crippen molar-refractivity contribution in [2.75, 3.05) is 26.2 Å². The van der Waals surface area contributed by atoms with Gasteiger partial charge in [-0.05, 0) is 36.5 Å². The monoisotopic (exact) mass is 348 g/mol. The number of carbonyl (C=O) groups is 2. The van der Waals surface area contributed by atoms with E-state index in [0.29, 0.717) is 32.0 Å². The summed E-state index contributed by atoms with van der Waals surface area (Å²) in [5.41, 5.74) is 1.01. The molecular weight excluding hydrogens is 320 g/mol. The molecule has 25 heavy (non-hydrogen) atoms. The van der Waals surface area contributed by atoms with Gasteiger partial charge >= 0.3 is 5.97 Å². The largest absolute Gasteiger partial charge is 0.494 e. The van der Waals surface area contributed by atoms with Crippen LogP contribution in [0, 0.1) is 11.8 Å². The number of carboxylic acids is 1. The van der Waals surface area contributed by atoms with Crippen LogP contribution < -0.4 is 10.1 Å². The second-order valence-electron chi connectivity index (χ2n) is 6.84. The number of ether oxygens (including phenoxy) is 1. The lowest BCUT2D eigenvalue weighted by Crippen LogP contribution is -2.46. The first kappa shape index (κ1) is 19.2. The molecule has 2 atom stereocenters. The van der Waals surface area contributed by atoms with Gasteiger partial charge in [0, 0.05) is 19.6 Å². The summed E-state index contributed by atoms with van der Waals surface area (Å²) in [6.07, 6.45) is 1.65. The molecule has 1 aromatic carbocycles. The molecule has 0 aliphatic carbocycles. The first-order valence-corrected chi connectivity index (χ1v) is 8.91.